The molecule has 10 heteroatoms. The van der Waals surface area contributed by atoms with Crippen molar-refractivity contribution in [1.29, 1.82) is 0 Å². The van der Waals surface area contributed by atoms with Crippen molar-refractivity contribution in [3.05, 3.63) is 66.6 Å². The van der Waals surface area contributed by atoms with Gasteiger partial charge in [0.25, 0.3) is 0 Å². The number of ether oxygens (including phenoxy) is 2. The molecular weight excluding hydrogens is 408 g/mol. The maximum atomic E-state index is 5.62. The molecule has 32 heavy (non-hydrogen) atoms. The van der Waals surface area contributed by atoms with Gasteiger partial charge in [-0.05, 0) is 29.8 Å². The summed E-state index contributed by atoms with van der Waals surface area (Å²) >= 11 is 0. The maximum Gasteiger partial charge on any atom is 0.215 e. The van der Waals surface area contributed by atoms with E-state index >= 15 is 0 Å². The second-order valence-corrected chi connectivity index (χ2v) is 6.83. The third kappa shape index (κ3) is 5.36. The molecule has 0 spiro atoms. The second kappa shape index (κ2) is 10.3. The maximum absolute atomic E-state index is 5.62. The number of rotatable bonds is 10. The van der Waals surface area contributed by atoms with Crippen molar-refractivity contribution in [1.82, 2.24) is 19.9 Å². The predicted molar refractivity (Wildman–Crippen MR) is 124 cm³/mol. The van der Waals surface area contributed by atoms with Gasteiger partial charge in [-0.3, -0.25) is 4.98 Å². The monoisotopic (exact) mass is 432 g/mol. The summed E-state index contributed by atoms with van der Waals surface area (Å²) in [6, 6.07) is 13.7. The number of hydrogen-bond donors (Lipinski definition) is 4. The molecule has 0 aliphatic rings. The van der Waals surface area contributed by atoms with Crippen molar-refractivity contribution in [2.24, 2.45) is 5.84 Å². The molecule has 5 N–H and O–H groups in total. The van der Waals surface area contributed by atoms with Gasteiger partial charge in [0.2, 0.25) is 5.88 Å². The van der Waals surface area contributed by atoms with E-state index in [0.717, 1.165) is 22.2 Å². The van der Waals surface area contributed by atoms with E-state index in [1.54, 1.807) is 31.8 Å². The van der Waals surface area contributed by atoms with Crippen molar-refractivity contribution >= 4 is 34.0 Å². The van der Waals surface area contributed by atoms with E-state index < -0.39 is 0 Å². The summed E-state index contributed by atoms with van der Waals surface area (Å²) in [6.07, 6.45) is 5.03. The first-order valence-corrected chi connectivity index (χ1v) is 10.0. The summed E-state index contributed by atoms with van der Waals surface area (Å²) in [5.74, 6) is 7.62. The van der Waals surface area contributed by atoms with Gasteiger partial charge >= 0.3 is 0 Å². The van der Waals surface area contributed by atoms with Gasteiger partial charge in [0.1, 0.15) is 6.61 Å². The second-order valence-electron chi connectivity index (χ2n) is 6.83. The van der Waals surface area contributed by atoms with E-state index in [9.17, 15) is 0 Å². The lowest BCUT2D eigenvalue weighted by molar-refractivity contribution is 0.144. The van der Waals surface area contributed by atoms with Crippen LogP contribution in [0, 0.1) is 0 Å². The molecule has 0 radical (unpaired) electrons. The Morgan fingerprint density at radius 2 is 1.91 bits per heavy atom. The molecule has 3 heterocycles. The molecule has 3 aromatic heterocycles. The Kier molecular flexibility index (Phi) is 6.85. The van der Waals surface area contributed by atoms with Gasteiger partial charge in [0.05, 0.1) is 18.3 Å². The molecule has 0 aliphatic carbocycles. The number of benzene rings is 1. The fourth-order valence-electron chi connectivity index (χ4n) is 3.04. The van der Waals surface area contributed by atoms with Crippen LogP contribution < -0.4 is 26.6 Å². The van der Waals surface area contributed by atoms with Crippen LogP contribution in [0.15, 0.2) is 61.1 Å². The first kappa shape index (κ1) is 21.2. The first-order valence-electron chi connectivity index (χ1n) is 10.0. The summed E-state index contributed by atoms with van der Waals surface area (Å²) < 4.78 is 10.5. The number of hydrogen-bond acceptors (Lipinski definition) is 10. The molecule has 0 amide bonds. The average molecular weight is 432 g/mol. The van der Waals surface area contributed by atoms with Gasteiger partial charge in [-0.25, -0.2) is 20.8 Å². The lowest BCUT2D eigenvalue weighted by Crippen LogP contribution is -2.14. The minimum Gasteiger partial charge on any atom is -0.475 e. The average Bonchev–Trinajstić information content (AvgIpc) is 2.83. The number of nitrogens with two attached hydrogens (primary N) is 1. The third-order valence-electron chi connectivity index (χ3n) is 4.58. The van der Waals surface area contributed by atoms with Crippen molar-refractivity contribution in [2.75, 3.05) is 36.4 Å². The molecular formula is C22H24N8O2. The van der Waals surface area contributed by atoms with Gasteiger partial charge in [0, 0.05) is 43.2 Å². The Morgan fingerprint density at radius 3 is 2.78 bits per heavy atom. The number of nitrogens with zero attached hydrogens (tertiary/aromatic N) is 4. The smallest absolute Gasteiger partial charge is 0.215 e. The molecule has 0 saturated carbocycles. The van der Waals surface area contributed by atoms with Crippen LogP contribution in [0.5, 0.6) is 5.88 Å². The van der Waals surface area contributed by atoms with Gasteiger partial charge in [-0.15, -0.1) is 0 Å². The third-order valence-corrected chi connectivity index (χ3v) is 4.58. The lowest BCUT2D eigenvalue weighted by Gasteiger charge is -2.13. The topological polar surface area (TPSA) is 132 Å². The Morgan fingerprint density at radius 1 is 0.969 bits per heavy atom. The quantitative estimate of drug-likeness (QED) is 0.168. The summed E-state index contributed by atoms with van der Waals surface area (Å²) in [5.41, 5.74) is 5.38. The molecule has 4 aromatic rings. The van der Waals surface area contributed by atoms with Crippen LogP contribution in [-0.2, 0) is 11.3 Å². The number of nitrogens with one attached hydrogen (secondary N) is 3. The SMILES string of the molecule is COCCOc1cc(Nc2cnc(NN)c(NCc3ccc4ncccc4c3)n2)ccn1. The highest BCUT2D eigenvalue weighted by molar-refractivity contribution is 5.79. The molecule has 0 fully saturated rings. The van der Waals surface area contributed by atoms with Crippen LogP contribution in [-0.4, -0.2) is 40.3 Å². The number of fused-ring (bicyclic) bond motifs is 1. The minimum absolute atomic E-state index is 0.419. The van der Waals surface area contributed by atoms with E-state index in [4.69, 9.17) is 15.3 Å². The highest BCUT2D eigenvalue weighted by atomic mass is 16.5. The zero-order valence-electron chi connectivity index (χ0n) is 17.6. The van der Waals surface area contributed by atoms with Crippen LogP contribution in [0.2, 0.25) is 0 Å². The number of nitrogen functional groups attached to an aromatic ring is 1. The minimum atomic E-state index is 0.419. The highest BCUT2D eigenvalue weighted by Gasteiger charge is 2.08. The Hall–Kier alpha value is -4.02. The van der Waals surface area contributed by atoms with Crippen LogP contribution in [0.1, 0.15) is 5.56 Å². The van der Waals surface area contributed by atoms with Crippen molar-refractivity contribution < 1.29 is 9.47 Å². The number of aromatic nitrogens is 4. The van der Waals surface area contributed by atoms with Crippen LogP contribution in [0.4, 0.5) is 23.1 Å². The van der Waals surface area contributed by atoms with Crippen LogP contribution >= 0.6 is 0 Å². The molecule has 0 bridgehead atoms. The zero-order valence-corrected chi connectivity index (χ0v) is 17.6. The molecule has 1 aromatic carbocycles. The molecule has 0 unspecified atom stereocenters. The Bertz CT molecular complexity index is 1190. The fraction of sp³-hybridized carbons (Fsp3) is 0.182. The van der Waals surface area contributed by atoms with Crippen molar-refractivity contribution in [2.45, 2.75) is 6.54 Å². The lowest BCUT2D eigenvalue weighted by atomic mass is 10.1. The van der Waals surface area contributed by atoms with E-state index in [2.05, 4.69) is 42.1 Å². The number of pyridine rings is 2. The normalized spacial score (nSPS) is 10.7. The fourth-order valence-corrected chi connectivity index (χ4v) is 3.04. The zero-order chi connectivity index (χ0) is 22.2. The van der Waals surface area contributed by atoms with E-state index in [1.807, 2.05) is 30.3 Å². The van der Waals surface area contributed by atoms with E-state index in [1.165, 1.54) is 0 Å². The Balaban J connectivity index is 1.46. The van der Waals surface area contributed by atoms with Gasteiger partial charge in [-0.1, -0.05) is 12.1 Å². The Labute approximate surface area is 185 Å². The number of methoxy groups -OCH3 is 1. The van der Waals surface area contributed by atoms with Gasteiger partial charge in [0.15, 0.2) is 17.5 Å². The van der Waals surface area contributed by atoms with Gasteiger partial charge in [-0.2, -0.15) is 0 Å². The van der Waals surface area contributed by atoms with Crippen LogP contribution in [0.25, 0.3) is 10.9 Å². The van der Waals surface area contributed by atoms with Crippen LogP contribution in [0.3, 0.4) is 0 Å². The van der Waals surface area contributed by atoms with Crippen molar-refractivity contribution in [3.63, 3.8) is 0 Å². The number of hydrazine groups is 1. The molecule has 0 aliphatic heterocycles. The molecule has 164 valence electrons. The van der Waals surface area contributed by atoms with Crippen molar-refractivity contribution in [3.8, 4) is 5.88 Å². The molecule has 0 atom stereocenters. The number of anilines is 4. The summed E-state index contributed by atoms with van der Waals surface area (Å²) in [5, 5.41) is 7.57. The highest BCUT2D eigenvalue weighted by Crippen LogP contribution is 2.23. The van der Waals surface area contributed by atoms with Gasteiger partial charge < -0.3 is 25.5 Å². The van der Waals surface area contributed by atoms with E-state index in [0.29, 0.717) is 43.1 Å². The molecule has 0 saturated heterocycles. The summed E-state index contributed by atoms with van der Waals surface area (Å²) in [6.45, 7) is 1.45. The standard InChI is InChI=1S/C22H24N8O2/c1-31-9-10-32-20-12-17(6-8-25-20)28-19-14-27-22(30-23)21(29-19)26-13-15-4-5-18-16(11-15)3-2-7-24-18/h2-8,11-12,14H,9-10,13,23H2,1H3,(H,27,30)(H2,25,26,28,29). The summed E-state index contributed by atoms with van der Waals surface area (Å²) in [4.78, 5) is 17.5. The summed E-state index contributed by atoms with van der Waals surface area (Å²) in [7, 11) is 1.62. The van der Waals surface area contributed by atoms with E-state index in [-0.39, 0.29) is 0 Å². The largest absolute Gasteiger partial charge is 0.475 e. The molecule has 10 nitrogen and oxygen atoms in total. The molecule has 4 rings (SSSR count). The first-order chi connectivity index (χ1) is 15.7. The predicted octanol–water partition coefficient (Wildman–Crippen LogP) is 3.09.